The quantitative estimate of drug-likeness (QED) is 0.592. The lowest BCUT2D eigenvalue weighted by atomic mass is 9.99. The van der Waals surface area contributed by atoms with E-state index >= 15 is 0 Å². The molecule has 1 heterocycles. The van der Waals surface area contributed by atoms with E-state index in [0.717, 1.165) is 12.8 Å². The van der Waals surface area contributed by atoms with Crippen LogP contribution in [0.15, 0.2) is 29.1 Å². The van der Waals surface area contributed by atoms with Gasteiger partial charge in [0.2, 0.25) is 0 Å². The highest BCUT2D eigenvalue weighted by molar-refractivity contribution is 7.07. The molecule has 0 bridgehead atoms. The fourth-order valence-corrected chi connectivity index (χ4v) is 3.05. The van der Waals surface area contributed by atoms with Gasteiger partial charge in [0, 0.05) is 23.6 Å². The smallest absolute Gasteiger partial charge is 0.138 e. The molecule has 2 nitrogen and oxygen atoms in total. The van der Waals surface area contributed by atoms with Crippen LogP contribution in [0.4, 0.5) is 4.39 Å². The summed E-state index contributed by atoms with van der Waals surface area (Å²) < 4.78 is 20.2. The number of benzene rings is 1. The largest absolute Gasteiger partial charge is 0.377 e. The Bertz CT molecular complexity index is 542. The summed E-state index contributed by atoms with van der Waals surface area (Å²) in [5.74, 6) is -0.203. The van der Waals surface area contributed by atoms with Gasteiger partial charge in [0.05, 0.1) is 17.3 Å². The first-order valence-corrected chi connectivity index (χ1v) is 8.42. The number of halogens is 1. The number of hydrogen-bond donors (Lipinski definition) is 0. The molecule has 114 valence electrons. The van der Waals surface area contributed by atoms with E-state index < -0.39 is 0 Å². The van der Waals surface area contributed by atoms with Crippen molar-refractivity contribution in [2.45, 2.75) is 45.1 Å². The summed E-state index contributed by atoms with van der Waals surface area (Å²) in [6, 6.07) is 5.47. The van der Waals surface area contributed by atoms with Gasteiger partial charge in [-0.05, 0) is 12.5 Å². The predicted octanol–water partition coefficient (Wildman–Crippen LogP) is 5.61. The van der Waals surface area contributed by atoms with Crippen LogP contribution in [-0.2, 0) is 4.74 Å². The van der Waals surface area contributed by atoms with Gasteiger partial charge in [0.1, 0.15) is 5.82 Å². The minimum Gasteiger partial charge on any atom is -0.377 e. The molecule has 0 N–H and O–H groups in total. The predicted molar refractivity (Wildman–Crippen MR) is 86.0 cm³/mol. The zero-order valence-corrected chi connectivity index (χ0v) is 13.5. The molecule has 1 unspecified atom stereocenters. The number of hydrogen-bond acceptors (Lipinski definition) is 3. The van der Waals surface area contributed by atoms with E-state index in [-0.39, 0.29) is 11.9 Å². The number of rotatable bonds is 8. The van der Waals surface area contributed by atoms with Gasteiger partial charge in [-0.3, -0.25) is 0 Å². The highest BCUT2D eigenvalue weighted by Crippen LogP contribution is 2.31. The molecule has 0 saturated heterocycles. The molecule has 0 aliphatic heterocycles. The molecule has 0 spiro atoms. The highest BCUT2D eigenvalue weighted by atomic mass is 32.1. The second kappa shape index (κ2) is 8.25. The van der Waals surface area contributed by atoms with E-state index in [1.807, 2.05) is 17.5 Å². The van der Waals surface area contributed by atoms with E-state index in [0.29, 0.717) is 16.8 Å². The fraction of sp³-hybridized carbons (Fsp3) is 0.471. The summed E-state index contributed by atoms with van der Waals surface area (Å²) in [5.41, 5.74) is 3.61. The number of thiazole rings is 1. The SMILES string of the molecule is CCCCCCC(OC)c1cccc(-c2cscn2)c1F. The van der Waals surface area contributed by atoms with Crippen molar-refractivity contribution in [3.63, 3.8) is 0 Å². The molecule has 0 aliphatic rings. The number of ether oxygens (including phenoxy) is 1. The van der Waals surface area contributed by atoms with Gasteiger partial charge in [-0.25, -0.2) is 9.37 Å². The molecule has 1 aromatic carbocycles. The molecule has 0 saturated carbocycles. The van der Waals surface area contributed by atoms with Gasteiger partial charge < -0.3 is 4.74 Å². The van der Waals surface area contributed by atoms with E-state index in [1.54, 1.807) is 18.7 Å². The third-order valence-corrected chi connectivity index (χ3v) is 4.27. The first-order valence-electron chi connectivity index (χ1n) is 7.47. The second-order valence-electron chi connectivity index (χ2n) is 5.16. The van der Waals surface area contributed by atoms with Crippen molar-refractivity contribution < 1.29 is 9.13 Å². The molecule has 2 rings (SSSR count). The first kappa shape index (κ1) is 16.1. The van der Waals surface area contributed by atoms with E-state index in [9.17, 15) is 4.39 Å². The third kappa shape index (κ3) is 4.11. The van der Waals surface area contributed by atoms with Gasteiger partial charge in [-0.1, -0.05) is 44.7 Å². The molecule has 1 atom stereocenters. The fourth-order valence-electron chi connectivity index (χ4n) is 2.50. The first-order chi connectivity index (χ1) is 10.3. The van der Waals surface area contributed by atoms with E-state index in [2.05, 4.69) is 11.9 Å². The monoisotopic (exact) mass is 307 g/mol. The summed E-state index contributed by atoms with van der Waals surface area (Å²) in [6.07, 6.45) is 5.33. The van der Waals surface area contributed by atoms with Crippen LogP contribution in [0.1, 0.15) is 50.7 Å². The van der Waals surface area contributed by atoms with Crippen molar-refractivity contribution in [2.24, 2.45) is 0 Å². The molecule has 21 heavy (non-hydrogen) atoms. The minimum absolute atomic E-state index is 0.180. The molecule has 4 heteroatoms. The number of nitrogens with zero attached hydrogens (tertiary/aromatic N) is 1. The summed E-state index contributed by atoms with van der Waals surface area (Å²) in [6.45, 7) is 2.19. The summed E-state index contributed by atoms with van der Waals surface area (Å²) in [5, 5.41) is 1.87. The highest BCUT2D eigenvalue weighted by Gasteiger charge is 2.18. The van der Waals surface area contributed by atoms with Crippen molar-refractivity contribution in [3.8, 4) is 11.3 Å². The standard InChI is InChI=1S/C17H22FNOS/c1-3-4-5-6-10-16(20-2)14-9-7-8-13(17(14)18)15-11-21-12-19-15/h7-9,11-12,16H,3-6,10H2,1-2H3. The lowest BCUT2D eigenvalue weighted by molar-refractivity contribution is 0.0901. The number of methoxy groups -OCH3 is 1. The molecule has 0 amide bonds. The van der Waals surface area contributed by atoms with Gasteiger partial charge in [-0.2, -0.15) is 0 Å². The average Bonchev–Trinajstić information content (AvgIpc) is 3.02. The van der Waals surface area contributed by atoms with Crippen LogP contribution in [0, 0.1) is 5.82 Å². The average molecular weight is 307 g/mol. The van der Waals surface area contributed by atoms with Crippen molar-refractivity contribution in [2.75, 3.05) is 7.11 Å². The molecule has 0 radical (unpaired) electrons. The van der Waals surface area contributed by atoms with Crippen molar-refractivity contribution in [3.05, 3.63) is 40.5 Å². The Morgan fingerprint density at radius 3 is 2.81 bits per heavy atom. The van der Waals surface area contributed by atoms with Crippen LogP contribution in [0.3, 0.4) is 0 Å². The molecule has 1 aromatic heterocycles. The second-order valence-corrected chi connectivity index (χ2v) is 5.87. The van der Waals surface area contributed by atoms with Crippen LogP contribution < -0.4 is 0 Å². The normalized spacial score (nSPS) is 12.5. The van der Waals surface area contributed by atoms with Crippen LogP contribution >= 0.6 is 11.3 Å². The van der Waals surface area contributed by atoms with Crippen molar-refractivity contribution >= 4 is 11.3 Å². The van der Waals surface area contributed by atoms with Crippen molar-refractivity contribution in [1.29, 1.82) is 0 Å². The Morgan fingerprint density at radius 1 is 1.29 bits per heavy atom. The summed E-state index contributed by atoms with van der Waals surface area (Å²) >= 11 is 1.47. The third-order valence-electron chi connectivity index (χ3n) is 3.69. The van der Waals surface area contributed by atoms with E-state index in [4.69, 9.17) is 4.74 Å². The maximum atomic E-state index is 14.7. The van der Waals surface area contributed by atoms with Crippen LogP contribution in [-0.4, -0.2) is 12.1 Å². The topological polar surface area (TPSA) is 22.1 Å². The molecule has 0 fully saturated rings. The van der Waals surface area contributed by atoms with Gasteiger partial charge in [0.25, 0.3) is 0 Å². The van der Waals surface area contributed by atoms with Crippen LogP contribution in [0.2, 0.25) is 0 Å². The van der Waals surface area contributed by atoms with Gasteiger partial charge >= 0.3 is 0 Å². The Kier molecular flexibility index (Phi) is 6.33. The van der Waals surface area contributed by atoms with E-state index in [1.165, 1.54) is 30.6 Å². The Morgan fingerprint density at radius 2 is 2.14 bits per heavy atom. The Hall–Kier alpha value is -1.26. The lowest BCUT2D eigenvalue weighted by Crippen LogP contribution is -2.05. The van der Waals surface area contributed by atoms with Crippen LogP contribution in [0.25, 0.3) is 11.3 Å². The van der Waals surface area contributed by atoms with Gasteiger partial charge in [0.15, 0.2) is 0 Å². The lowest BCUT2D eigenvalue weighted by Gasteiger charge is -2.17. The number of unbranched alkanes of at least 4 members (excludes halogenated alkanes) is 3. The zero-order chi connectivity index (χ0) is 15.1. The summed E-state index contributed by atoms with van der Waals surface area (Å²) in [4.78, 5) is 4.20. The molecular weight excluding hydrogens is 285 g/mol. The van der Waals surface area contributed by atoms with Gasteiger partial charge in [-0.15, -0.1) is 11.3 Å². The van der Waals surface area contributed by atoms with Crippen LogP contribution in [0.5, 0.6) is 0 Å². The Balaban J connectivity index is 2.16. The Labute approximate surface area is 130 Å². The molecule has 2 aromatic rings. The zero-order valence-electron chi connectivity index (χ0n) is 12.6. The maximum absolute atomic E-state index is 14.7. The maximum Gasteiger partial charge on any atom is 0.138 e. The number of aromatic nitrogens is 1. The minimum atomic E-state index is -0.203. The van der Waals surface area contributed by atoms with Crippen molar-refractivity contribution in [1.82, 2.24) is 4.98 Å². The molecule has 0 aliphatic carbocycles. The molecular formula is C17H22FNOS. The summed E-state index contributed by atoms with van der Waals surface area (Å²) in [7, 11) is 1.65.